The second-order valence-electron chi connectivity index (χ2n) is 7.96. The van der Waals surface area contributed by atoms with Crippen LogP contribution in [0.2, 0.25) is 0 Å². The quantitative estimate of drug-likeness (QED) is 0.308. The standard InChI is InChI=1S/C28H23FN4O2S/c1-35-25-10-6-5-9-24(25)30-28-32(17-18-36-28)26(34)16-13-21-19-33(23-7-3-2-4-8-23)31-27(21)20-11-14-22(29)15-12-20/h2-16,19H,17-18H2,1H3. The van der Waals surface area contributed by atoms with Crippen molar-refractivity contribution in [1.29, 1.82) is 0 Å². The minimum Gasteiger partial charge on any atom is -0.494 e. The number of thioether (sulfide) groups is 1. The minimum absolute atomic E-state index is 0.175. The molecule has 180 valence electrons. The molecule has 0 saturated carbocycles. The third kappa shape index (κ3) is 5.08. The van der Waals surface area contributed by atoms with Gasteiger partial charge in [0.1, 0.15) is 17.3 Å². The largest absolute Gasteiger partial charge is 0.494 e. The summed E-state index contributed by atoms with van der Waals surface area (Å²) in [6, 6.07) is 23.3. The van der Waals surface area contributed by atoms with Crippen LogP contribution in [0.4, 0.5) is 10.1 Å². The molecule has 0 radical (unpaired) electrons. The number of carbonyl (C=O) groups is 1. The second kappa shape index (κ2) is 10.6. The van der Waals surface area contributed by atoms with Crippen molar-refractivity contribution in [3.05, 3.63) is 103 Å². The van der Waals surface area contributed by atoms with Gasteiger partial charge >= 0.3 is 0 Å². The molecule has 1 fully saturated rings. The first kappa shape index (κ1) is 23.6. The SMILES string of the molecule is COc1ccccc1N=C1SCCN1C(=O)C=Cc1cn(-c2ccccc2)nc1-c1ccc(F)cc1. The minimum atomic E-state index is -0.318. The normalized spacial score (nSPS) is 14.6. The molecular formula is C28H23FN4O2S. The lowest BCUT2D eigenvalue weighted by Crippen LogP contribution is -2.30. The number of para-hydroxylation sites is 3. The Morgan fingerprint density at radius 2 is 1.81 bits per heavy atom. The molecule has 1 aromatic heterocycles. The van der Waals surface area contributed by atoms with Gasteiger partial charge in [-0.05, 0) is 54.6 Å². The van der Waals surface area contributed by atoms with Crippen LogP contribution in [0.3, 0.4) is 0 Å². The Kier molecular flexibility index (Phi) is 6.95. The molecular weight excluding hydrogens is 475 g/mol. The Morgan fingerprint density at radius 3 is 2.58 bits per heavy atom. The van der Waals surface area contributed by atoms with E-state index in [0.29, 0.717) is 28.8 Å². The number of amides is 1. The molecule has 0 atom stereocenters. The number of hydrogen-bond acceptors (Lipinski definition) is 5. The fraction of sp³-hybridized carbons (Fsp3) is 0.107. The van der Waals surface area contributed by atoms with Gasteiger partial charge in [0.15, 0.2) is 5.17 Å². The monoisotopic (exact) mass is 498 g/mol. The van der Waals surface area contributed by atoms with Crippen molar-refractivity contribution in [2.75, 3.05) is 19.4 Å². The topological polar surface area (TPSA) is 59.7 Å². The average Bonchev–Trinajstić information content (AvgIpc) is 3.56. The lowest BCUT2D eigenvalue weighted by atomic mass is 10.1. The van der Waals surface area contributed by atoms with Crippen molar-refractivity contribution in [2.24, 2.45) is 4.99 Å². The van der Waals surface area contributed by atoms with Gasteiger partial charge in [0.05, 0.1) is 18.5 Å². The number of amidine groups is 1. The van der Waals surface area contributed by atoms with Gasteiger partial charge in [-0.1, -0.05) is 42.1 Å². The van der Waals surface area contributed by atoms with E-state index in [-0.39, 0.29) is 11.7 Å². The molecule has 1 saturated heterocycles. The Bertz CT molecular complexity index is 1430. The Morgan fingerprint density at radius 1 is 1.06 bits per heavy atom. The number of aliphatic imine (C=N–C) groups is 1. The molecule has 0 aliphatic carbocycles. The Labute approximate surface area is 212 Å². The first-order valence-electron chi connectivity index (χ1n) is 11.4. The molecule has 2 heterocycles. The van der Waals surface area contributed by atoms with Crippen LogP contribution in [0.15, 0.2) is 96.1 Å². The maximum atomic E-state index is 13.5. The summed E-state index contributed by atoms with van der Waals surface area (Å²) in [4.78, 5) is 19.5. The van der Waals surface area contributed by atoms with Crippen molar-refractivity contribution < 1.29 is 13.9 Å². The van der Waals surface area contributed by atoms with Crippen LogP contribution >= 0.6 is 11.8 Å². The zero-order valence-corrected chi connectivity index (χ0v) is 20.4. The van der Waals surface area contributed by atoms with Gasteiger partial charge < -0.3 is 4.74 Å². The van der Waals surface area contributed by atoms with Gasteiger partial charge in [0.2, 0.25) is 0 Å². The smallest absolute Gasteiger partial charge is 0.252 e. The summed E-state index contributed by atoms with van der Waals surface area (Å²) in [6.45, 7) is 0.565. The summed E-state index contributed by atoms with van der Waals surface area (Å²) in [5.41, 5.74) is 3.71. The number of aromatic nitrogens is 2. The van der Waals surface area contributed by atoms with Gasteiger partial charge in [-0.2, -0.15) is 5.10 Å². The molecule has 5 rings (SSSR count). The van der Waals surface area contributed by atoms with E-state index in [1.54, 1.807) is 34.9 Å². The van der Waals surface area contributed by atoms with Gasteiger partial charge in [0, 0.05) is 35.7 Å². The number of nitrogens with zero attached hydrogens (tertiary/aromatic N) is 4. The maximum Gasteiger partial charge on any atom is 0.252 e. The van der Waals surface area contributed by atoms with Crippen molar-refractivity contribution in [3.8, 4) is 22.7 Å². The Hall–Kier alpha value is -4.17. The van der Waals surface area contributed by atoms with Gasteiger partial charge in [0.25, 0.3) is 5.91 Å². The van der Waals surface area contributed by atoms with Gasteiger partial charge in [-0.25, -0.2) is 14.1 Å². The van der Waals surface area contributed by atoms with Crippen molar-refractivity contribution in [2.45, 2.75) is 0 Å². The highest BCUT2D eigenvalue weighted by atomic mass is 32.2. The molecule has 0 bridgehead atoms. The number of ether oxygens (including phenoxy) is 1. The van der Waals surface area contributed by atoms with Crippen LogP contribution in [0.5, 0.6) is 5.75 Å². The first-order valence-corrected chi connectivity index (χ1v) is 12.4. The summed E-state index contributed by atoms with van der Waals surface area (Å²) in [6.07, 6.45) is 5.14. The number of hydrogen-bond donors (Lipinski definition) is 0. The molecule has 1 amide bonds. The second-order valence-corrected chi connectivity index (χ2v) is 9.02. The van der Waals surface area contributed by atoms with Crippen LogP contribution in [-0.2, 0) is 4.79 Å². The van der Waals surface area contributed by atoms with Crippen LogP contribution < -0.4 is 4.74 Å². The third-order valence-electron chi connectivity index (χ3n) is 5.63. The van der Waals surface area contributed by atoms with E-state index >= 15 is 0 Å². The van der Waals surface area contributed by atoms with Gasteiger partial charge in [-0.3, -0.25) is 9.69 Å². The van der Waals surface area contributed by atoms with Crippen LogP contribution in [-0.4, -0.2) is 45.2 Å². The number of rotatable bonds is 6. The first-order chi connectivity index (χ1) is 17.6. The van der Waals surface area contributed by atoms with E-state index in [1.165, 1.54) is 30.0 Å². The van der Waals surface area contributed by atoms with Crippen LogP contribution in [0.25, 0.3) is 23.0 Å². The molecule has 3 aromatic carbocycles. The predicted octanol–water partition coefficient (Wildman–Crippen LogP) is 5.96. The van der Waals surface area contributed by atoms with Crippen LogP contribution in [0.1, 0.15) is 5.56 Å². The van der Waals surface area contributed by atoms with Crippen molar-refractivity contribution >= 4 is 34.6 Å². The molecule has 0 N–H and O–H groups in total. The highest BCUT2D eigenvalue weighted by molar-refractivity contribution is 8.14. The molecule has 1 aliphatic heterocycles. The lowest BCUT2D eigenvalue weighted by Gasteiger charge is -2.14. The highest BCUT2D eigenvalue weighted by Crippen LogP contribution is 2.30. The summed E-state index contributed by atoms with van der Waals surface area (Å²) < 4.78 is 20.7. The molecule has 0 spiro atoms. The number of carbonyl (C=O) groups excluding carboxylic acids is 1. The highest BCUT2D eigenvalue weighted by Gasteiger charge is 2.25. The number of benzene rings is 3. The zero-order valence-electron chi connectivity index (χ0n) is 19.5. The summed E-state index contributed by atoms with van der Waals surface area (Å²) in [7, 11) is 1.60. The molecule has 0 unspecified atom stereocenters. The lowest BCUT2D eigenvalue weighted by molar-refractivity contribution is -0.121. The van der Waals surface area contributed by atoms with E-state index in [4.69, 9.17) is 9.84 Å². The summed E-state index contributed by atoms with van der Waals surface area (Å²) in [5, 5.41) is 5.35. The van der Waals surface area contributed by atoms with E-state index in [2.05, 4.69) is 4.99 Å². The molecule has 1 aliphatic rings. The van der Waals surface area contributed by atoms with Crippen molar-refractivity contribution in [3.63, 3.8) is 0 Å². The number of methoxy groups -OCH3 is 1. The summed E-state index contributed by atoms with van der Waals surface area (Å²) in [5.74, 6) is 0.922. The van der Waals surface area contributed by atoms with Crippen molar-refractivity contribution in [1.82, 2.24) is 14.7 Å². The fourth-order valence-electron chi connectivity index (χ4n) is 3.83. The molecule has 4 aromatic rings. The van der Waals surface area contributed by atoms with E-state index in [1.807, 2.05) is 60.8 Å². The number of halogens is 1. The maximum absolute atomic E-state index is 13.5. The zero-order chi connectivity index (χ0) is 24.9. The van der Waals surface area contributed by atoms with Gasteiger partial charge in [-0.15, -0.1) is 0 Å². The fourth-order valence-corrected chi connectivity index (χ4v) is 4.79. The third-order valence-corrected chi connectivity index (χ3v) is 6.59. The van der Waals surface area contributed by atoms with E-state index in [0.717, 1.165) is 22.6 Å². The molecule has 8 heteroatoms. The molecule has 6 nitrogen and oxygen atoms in total. The predicted molar refractivity (Wildman–Crippen MR) is 142 cm³/mol. The van der Waals surface area contributed by atoms with E-state index < -0.39 is 0 Å². The average molecular weight is 499 g/mol. The van der Waals surface area contributed by atoms with Crippen LogP contribution in [0, 0.1) is 5.82 Å². The summed E-state index contributed by atoms with van der Waals surface area (Å²) >= 11 is 1.53. The Balaban J connectivity index is 1.45. The van der Waals surface area contributed by atoms with E-state index in [9.17, 15) is 9.18 Å². The molecule has 36 heavy (non-hydrogen) atoms.